The van der Waals surface area contributed by atoms with E-state index < -0.39 is 0 Å². The van der Waals surface area contributed by atoms with Gasteiger partial charge in [0, 0.05) is 90.6 Å². The van der Waals surface area contributed by atoms with Crippen molar-refractivity contribution in [3.05, 3.63) is 273 Å². The Morgan fingerprint density at radius 2 is 0.877 bits per heavy atom. The highest BCUT2D eigenvalue weighted by molar-refractivity contribution is 7.33. The van der Waals surface area contributed by atoms with Gasteiger partial charge in [0.1, 0.15) is 11.5 Å². The third kappa shape index (κ3) is 6.52. The number of benzene rings is 11. The van der Waals surface area contributed by atoms with Gasteiger partial charge < -0.3 is 28.6 Å². The zero-order valence-electron chi connectivity index (χ0n) is 43.7. The summed E-state index contributed by atoms with van der Waals surface area (Å²) in [6, 6.07) is 96.0. The molecule has 0 saturated carbocycles. The van der Waals surface area contributed by atoms with Gasteiger partial charge in [0.25, 0.3) is 13.4 Å². The van der Waals surface area contributed by atoms with Gasteiger partial charge in [-0.1, -0.05) is 158 Å². The van der Waals surface area contributed by atoms with Gasteiger partial charge in [-0.05, 0) is 140 Å². The molecule has 0 amide bonds. The zero-order chi connectivity index (χ0) is 52.9. The highest BCUT2D eigenvalue weighted by Crippen LogP contribution is 2.50. The predicted molar refractivity (Wildman–Crippen MR) is 341 cm³/mol. The van der Waals surface area contributed by atoms with Crippen LogP contribution >= 0.6 is 11.3 Å². The molecule has 0 bridgehead atoms. The van der Waals surface area contributed by atoms with Crippen LogP contribution in [0.3, 0.4) is 0 Å². The lowest BCUT2D eigenvalue weighted by Gasteiger charge is -2.45. The second kappa shape index (κ2) is 17.1. The van der Waals surface area contributed by atoms with Crippen LogP contribution in [-0.4, -0.2) is 22.6 Å². The molecule has 0 atom stereocenters. The first-order chi connectivity index (χ1) is 40.2. The van der Waals surface area contributed by atoms with Gasteiger partial charge in [0.15, 0.2) is 0 Å². The fraction of sp³-hybridized carbons (Fsp3) is 0. The van der Waals surface area contributed by atoms with Crippen LogP contribution in [0.5, 0.6) is 11.5 Å². The molecule has 0 N–H and O–H groups in total. The first-order valence-electron chi connectivity index (χ1n) is 27.8. The van der Waals surface area contributed by atoms with Gasteiger partial charge >= 0.3 is 0 Å². The summed E-state index contributed by atoms with van der Waals surface area (Å²) in [5, 5.41) is 3.63. The van der Waals surface area contributed by atoms with E-state index in [1.54, 1.807) is 0 Å². The average molecular weight is 1050 g/mol. The Labute approximate surface area is 473 Å². The topological polar surface area (TPSA) is 28.8 Å². The highest BCUT2D eigenvalue weighted by atomic mass is 32.1. The molecule has 0 spiro atoms. The van der Waals surface area contributed by atoms with E-state index in [-0.39, 0.29) is 13.4 Å². The van der Waals surface area contributed by atoms with Crippen molar-refractivity contribution < 1.29 is 4.74 Å². The summed E-state index contributed by atoms with van der Waals surface area (Å²) in [4.78, 5) is 7.53. The Kier molecular flexibility index (Phi) is 9.47. The Balaban J connectivity index is 0.919. The van der Waals surface area contributed by atoms with Gasteiger partial charge in [0.2, 0.25) is 0 Å². The van der Waals surface area contributed by atoms with E-state index in [9.17, 15) is 0 Å². The molecule has 0 fully saturated rings. The molecule has 81 heavy (non-hydrogen) atoms. The van der Waals surface area contributed by atoms with E-state index in [4.69, 9.17) is 4.74 Å². The highest BCUT2D eigenvalue weighted by Gasteiger charge is 2.49. The number of anilines is 9. The lowest BCUT2D eigenvalue weighted by molar-refractivity contribution is 0.487. The van der Waals surface area contributed by atoms with Crippen LogP contribution < -0.4 is 51.5 Å². The standard InChI is InChI=1S/C72H45B2N5OS/c1-4-18-46(19-5-1)47-32-34-52(35-33-47)79-65-42-54(76-39-37-49-21-11-15-29-60(49)76)43-67-70(65)74(72-71(79)55-26-12-17-31-68(55)81-72)58-44-57-62(45-66(58)80-67)78(51-24-8-3-9-25-51)64-41-53(75-38-36-48-20-10-14-28-59(48)75)40-63-69(64)73(57)56-27-13-16-30-61(56)77(63)50-22-6-2-7-23-50/h1-45H. The van der Waals surface area contributed by atoms with Crippen molar-refractivity contribution in [1.29, 1.82) is 0 Å². The second-order valence-corrected chi connectivity index (χ2v) is 22.7. The van der Waals surface area contributed by atoms with Crippen molar-refractivity contribution in [2.24, 2.45) is 0 Å². The minimum atomic E-state index is -0.137. The van der Waals surface area contributed by atoms with Gasteiger partial charge in [-0.3, -0.25) is 0 Å². The number of hydrogen-bond acceptors (Lipinski definition) is 5. The normalized spacial score (nSPS) is 13.4. The number of fused-ring (bicyclic) bond motifs is 12. The fourth-order valence-electron chi connectivity index (χ4n) is 13.9. The molecule has 14 aromatic rings. The number of ether oxygens (including phenoxy) is 1. The Hall–Kier alpha value is -10.2. The fourth-order valence-corrected chi connectivity index (χ4v) is 15.2. The molecule has 4 aliphatic heterocycles. The van der Waals surface area contributed by atoms with Crippen LogP contribution in [0.4, 0.5) is 51.2 Å². The number of thiophene rings is 1. The maximum Gasteiger partial charge on any atom is 0.268 e. The van der Waals surface area contributed by atoms with Crippen LogP contribution in [-0.2, 0) is 0 Å². The Morgan fingerprint density at radius 3 is 1.57 bits per heavy atom. The zero-order valence-corrected chi connectivity index (χ0v) is 44.5. The van der Waals surface area contributed by atoms with Crippen LogP contribution in [0.2, 0.25) is 0 Å². The largest absolute Gasteiger partial charge is 0.458 e. The summed E-state index contributed by atoms with van der Waals surface area (Å²) in [7, 11) is 0. The lowest BCUT2D eigenvalue weighted by Crippen LogP contribution is -2.64. The summed E-state index contributed by atoms with van der Waals surface area (Å²) < 4.78 is 14.9. The van der Waals surface area contributed by atoms with Crippen molar-refractivity contribution in [1.82, 2.24) is 9.13 Å². The summed E-state index contributed by atoms with van der Waals surface area (Å²) in [5.41, 5.74) is 23.1. The molecule has 0 aliphatic carbocycles. The molecule has 0 unspecified atom stereocenters. The Morgan fingerprint density at radius 1 is 0.333 bits per heavy atom. The molecule has 7 heterocycles. The number of nitrogens with zero attached hydrogens (tertiary/aromatic N) is 5. The van der Waals surface area contributed by atoms with E-state index in [2.05, 4.69) is 297 Å². The SMILES string of the molecule is c1ccc(-c2ccc(N3c4cc(-n5ccc6ccccc65)cc5c4B(c4cc6c(cc4O5)N(c4ccccc4)c4cc(-n5ccc7ccccc75)cc5c4B6c4ccccc4N5c4ccccc4)c4sc5ccccc5c43)cc2)cc1. The molecule has 11 aromatic carbocycles. The van der Waals surface area contributed by atoms with Crippen LogP contribution in [0.15, 0.2) is 273 Å². The van der Waals surface area contributed by atoms with Crippen molar-refractivity contribution >= 4 is 140 Å². The second-order valence-electron chi connectivity index (χ2n) is 21.6. The average Bonchev–Trinajstić information content (AvgIpc) is 4.22. The van der Waals surface area contributed by atoms with Crippen molar-refractivity contribution in [2.75, 3.05) is 14.7 Å². The maximum atomic E-state index is 7.67. The van der Waals surface area contributed by atoms with E-state index in [1.807, 2.05) is 11.3 Å². The summed E-state index contributed by atoms with van der Waals surface area (Å²) in [6.45, 7) is -0.251. The quantitative estimate of drug-likeness (QED) is 0.155. The van der Waals surface area contributed by atoms with Crippen LogP contribution in [0.1, 0.15) is 0 Å². The molecule has 0 radical (unpaired) electrons. The summed E-state index contributed by atoms with van der Waals surface area (Å²) >= 11 is 1.91. The van der Waals surface area contributed by atoms with E-state index in [0.29, 0.717) is 0 Å². The number of hydrogen-bond donors (Lipinski definition) is 0. The van der Waals surface area contributed by atoms with Gasteiger partial charge in [-0.2, -0.15) is 0 Å². The third-order valence-electron chi connectivity index (χ3n) is 17.4. The van der Waals surface area contributed by atoms with Crippen molar-refractivity contribution in [3.63, 3.8) is 0 Å². The molecule has 4 aliphatic rings. The molecule has 376 valence electrons. The molecule has 6 nitrogen and oxygen atoms in total. The van der Waals surface area contributed by atoms with E-state index in [1.165, 1.54) is 75.5 Å². The number of para-hydroxylation sites is 5. The molecule has 0 saturated heterocycles. The first kappa shape index (κ1) is 44.7. The molecular weight excluding hydrogens is 1000 g/mol. The third-order valence-corrected chi connectivity index (χ3v) is 18.6. The van der Waals surface area contributed by atoms with Crippen LogP contribution in [0, 0.1) is 0 Å². The van der Waals surface area contributed by atoms with E-state index >= 15 is 0 Å². The molecular formula is C72H45B2N5OS. The summed E-state index contributed by atoms with van der Waals surface area (Å²) in [6.07, 6.45) is 4.42. The lowest BCUT2D eigenvalue weighted by atomic mass is 9.31. The number of aromatic nitrogens is 2. The van der Waals surface area contributed by atoms with Gasteiger partial charge in [-0.15, -0.1) is 11.3 Å². The van der Waals surface area contributed by atoms with Crippen LogP contribution in [0.25, 0.3) is 54.4 Å². The van der Waals surface area contributed by atoms with Crippen molar-refractivity contribution in [3.8, 4) is 34.0 Å². The minimum absolute atomic E-state index is 0.114. The monoisotopic (exact) mass is 1050 g/mol. The predicted octanol–water partition coefficient (Wildman–Crippen LogP) is 14.9. The summed E-state index contributed by atoms with van der Waals surface area (Å²) in [5.74, 6) is 1.72. The number of rotatable bonds is 6. The first-order valence-corrected chi connectivity index (χ1v) is 28.6. The van der Waals surface area contributed by atoms with Gasteiger partial charge in [-0.25, -0.2) is 0 Å². The molecule has 9 heteroatoms. The van der Waals surface area contributed by atoms with Crippen molar-refractivity contribution in [2.45, 2.75) is 0 Å². The maximum absolute atomic E-state index is 7.67. The van der Waals surface area contributed by atoms with E-state index in [0.717, 1.165) is 73.7 Å². The minimum Gasteiger partial charge on any atom is -0.458 e. The molecule has 3 aromatic heterocycles. The molecule has 18 rings (SSSR count). The van der Waals surface area contributed by atoms with Gasteiger partial charge in [0.05, 0.1) is 22.4 Å². The Bertz CT molecular complexity index is 4900. The smallest absolute Gasteiger partial charge is 0.268 e.